The van der Waals surface area contributed by atoms with Crippen molar-refractivity contribution in [3.05, 3.63) is 83.9 Å². The van der Waals surface area contributed by atoms with E-state index in [9.17, 15) is 9.18 Å². The SMILES string of the molecule is COC(=O)[C@@H]1[C@H](c2ccccc2)[C@H]1c1ccc(-c2ncc(F)cn2)cc1. The van der Waals surface area contributed by atoms with Crippen LogP contribution in [0.25, 0.3) is 11.4 Å². The van der Waals surface area contributed by atoms with Crippen molar-refractivity contribution < 1.29 is 13.9 Å². The molecule has 26 heavy (non-hydrogen) atoms. The summed E-state index contributed by atoms with van der Waals surface area (Å²) in [7, 11) is 1.43. The average molecular weight is 348 g/mol. The summed E-state index contributed by atoms with van der Waals surface area (Å²) in [6.07, 6.45) is 2.30. The molecule has 1 aliphatic rings. The number of esters is 1. The van der Waals surface area contributed by atoms with Gasteiger partial charge in [0.1, 0.15) is 0 Å². The first kappa shape index (κ1) is 16.4. The van der Waals surface area contributed by atoms with Crippen LogP contribution in [0.3, 0.4) is 0 Å². The Balaban J connectivity index is 1.61. The van der Waals surface area contributed by atoms with Crippen LogP contribution >= 0.6 is 0 Å². The molecule has 0 unspecified atom stereocenters. The Bertz CT molecular complexity index is 911. The number of nitrogens with zero attached hydrogens (tertiary/aromatic N) is 2. The average Bonchev–Trinajstić information content (AvgIpc) is 3.44. The molecule has 0 bridgehead atoms. The predicted octanol–water partition coefficient (Wildman–Crippen LogP) is 3.95. The second kappa shape index (κ2) is 6.67. The Kier molecular flexibility index (Phi) is 4.21. The van der Waals surface area contributed by atoms with Crippen LogP contribution in [0.15, 0.2) is 67.0 Å². The van der Waals surface area contributed by atoms with E-state index in [-0.39, 0.29) is 23.7 Å². The first-order chi connectivity index (χ1) is 12.7. The summed E-state index contributed by atoms with van der Waals surface area (Å²) in [6.45, 7) is 0. The zero-order valence-corrected chi connectivity index (χ0v) is 14.2. The van der Waals surface area contributed by atoms with Gasteiger partial charge in [-0.15, -0.1) is 0 Å². The maximum Gasteiger partial charge on any atom is 0.309 e. The molecule has 2 aromatic carbocycles. The van der Waals surface area contributed by atoms with E-state index < -0.39 is 5.82 Å². The van der Waals surface area contributed by atoms with Crippen molar-refractivity contribution in [1.29, 1.82) is 0 Å². The summed E-state index contributed by atoms with van der Waals surface area (Å²) in [5.41, 5.74) is 3.01. The normalized spacial score (nSPS) is 21.2. The van der Waals surface area contributed by atoms with Gasteiger partial charge in [-0.25, -0.2) is 14.4 Å². The van der Waals surface area contributed by atoms with Gasteiger partial charge < -0.3 is 4.74 Å². The molecule has 0 radical (unpaired) electrons. The van der Waals surface area contributed by atoms with Gasteiger partial charge in [-0.2, -0.15) is 0 Å². The minimum Gasteiger partial charge on any atom is -0.469 e. The van der Waals surface area contributed by atoms with Crippen LogP contribution in [0.1, 0.15) is 23.0 Å². The molecule has 0 N–H and O–H groups in total. The topological polar surface area (TPSA) is 52.1 Å². The van der Waals surface area contributed by atoms with Gasteiger partial charge in [-0.3, -0.25) is 4.79 Å². The standard InChI is InChI=1S/C21H17FN2O2/c1-26-21(25)19-17(13-5-3-2-4-6-13)18(19)14-7-9-15(10-8-14)20-23-11-16(22)12-24-20/h2-12,17-19H,1H3/t17-,18-,19-/m1/s1. The van der Waals surface area contributed by atoms with Crippen LogP contribution in [0.2, 0.25) is 0 Å². The van der Waals surface area contributed by atoms with E-state index >= 15 is 0 Å². The van der Waals surface area contributed by atoms with Crippen molar-refractivity contribution >= 4 is 5.97 Å². The highest BCUT2D eigenvalue weighted by atomic mass is 19.1. The van der Waals surface area contributed by atoms with Gasteiger partial charge >= 0.3 is 5.97 Å². The molecule has 0 saturated heterocycles. The minimum atomic E-state index is -0.463. The maximum atomic E-state index is 13.0. The van der Waals surface area contributed by atoms with E-state index in [0.29, 0.717) is 5.82 Å². The van der Waals surface area contributed by atoms with Gasteiger partial charge in [0.25, 0.3) is 0 Å². The van der Waals surface area contributed by atoms with Gasteiger partial charge in [0.15, 0.2) is 11.6 Å². The third-order valence-corrected chi connectivity index (χ3v) is 4.85. The predicted molar refractivity (Wildman–Crippen MR) is 94.9 cm³/mol. The number of halogens is 1. The minimum absolute atomic E-state index is 0.0908. The van der Waals surface area contributed by atoms with Gasteiger partial charge in [-0.05, 0) is 11.1 Å². The summed E-state index contributed by atoms with van der Waals surface area (Å²) < 4.78 is 18.0. The van der Waals surface area contributed by atoms with E-state index in [1.807, 2.05) is 54.6 Å². The van der Waals surface area contributed by atoms with Crippen LogP contribution in [-0.4, -0.2) is 23.0 Å². The van der Waals surface area contributed by atoms with Crippen molar-refractivity contribution in [3.8, 4) is 11.4 Å². The summed E-state index contributed by atoms with van der Waals surface area (Å²) >= 11 is 0. The number of aromatic nitrogens is 2. The molecule has 1 aliphatic carbocycles. The first-order valence-corrected chi connectivity index (χ1v) is 8.39. The first-order valence-electron chi connectivity index (χ1n) is 8.39. The van der Waals surface area contributed by atoms with E-state index in [0.717, 1.165) is 29.1 Å². The molecule has 0 amide bonds. The lowest BCUT2D eigenvalue weighted by atomic mass is 10.0. The van der Waals surface area contributed by atoms with E-state index in [1.54, 1.807) is 0 Å². The Hall–Kier alpha value is -3.08. The monoisotopic (exact) mass is 348 g/mol. The molecule has 1 aromatic heterocycles. The smallest absolute Gasteiger partial charge is 0.309 e. The fraction of sp³-hybridized carbons (Fsp3) is 0.190. The van der Waals surface area contributed by atoms with Crippen LogP contribution < -0.4 is 0 Å². The van der Waals surface area contributed by atoms with Gasteiger partial charge in [0.2, 0.25) is 0 Å². The third-order valence-electron chi connectivity index (χ3n) is 4.85. The highest BCUT2D eigenvalue weighted by Crippen LogP contribution is 2.60. The molecule has 5 heteroatoms. The number of carbonyl (C=O) groups excluding carboxylic acids is 1. The highest BCUT2D eigenvalue weighted by molar-refractivity contribution is 5.80. The number of hydrogen-bond donors (Lipinski definition) is 0. The van der Waals surface area contributed by atoms with Crippen molar-refractivity contribution in [2.24, 2.45) is 5.92 Å². The van der Waals surface area contributed by atoms with Crippen molar-refractivity contribution in [3.63, 3.8) is 0 Å². The molecule has 130 valence electrons. The Morgan fingerprint density at radius 1 is 0.923 bits per heavy atom. The van der Waals surface area contributed by atoms with Gasteiger partial charge in [0, 0.05) is 17.4 Å². The number of benzene rings is 2. The zero-order valence-electron chi connectivity index (χ0n) is 14.2. The summed E-state index contributed by atoms with van der Waals surface area (Å²) in [5, 5.41) is 0. The molecule has 4 nitrogen and oxygen atoms in total. The largest absolute Gasteiger partial charge is 0.469 e. The number of methoxy groups -OCH3 is 1. The molecular weight excluding hydrogens is 331 g/mol. The van der Waals surface area contributed by atoms with Gasteiger partial charge in [-0.1, -0.05) is 54.6 Å². The lowest BCUT2D eigenvalue weighted by Crippen LogP contribution is -2.05. The van der Waals surface area contributed by atoms with Crippen LogP contribution in [0, 0.1) is 11.7 Å². The molecular formula is C21H17FN2O2. The Morgan fingerprint density at radius 2 is 1.50 bits per heavy atom. The fourth-order valence-electron chi connectivity index (χ4n) is 3.56. The Labute approximate surface area is 150 Å². The number of hydrogen-bond acceptors (Lipinski definition) is 4. The number of rotatable bonds is 4. The van der Waals surface area contributed by atoms with E-state index in [1.165, 1.54) is 7.11 Å². The maximum absolute atomic E-state index is 13.0. The number of ether oxygens (including phenoxy) is 1. The zero-order chi connectivity index (χ0) is 18.1. The fourth-order valence-corrected chi connectivity index (χ4v) is 3.56. The van der Waals surface area contributed by atoms with E-state index in [4.69, 9.17) is 4.74 Å². The summed E-state index contributed by atoms with van der Waals surface area (Å²) in [4.78, 5) is 20.2. The molecule has 4 rings (SSSR count). The van der Waals surface area contributed by atoms with Crippen molar-refractivity contribution in [1.82, 2.24) is 9.97 Å². The molecule has 1 saturated carbocycles. The molecule has 3 atom stereocenters. The molecule has 3 aromatic rings. The molecule has 1 heterocycles. The summed E-state index contributed by atoms with van der Waals surface area (Å²) in [6, 6.07) is 17.8. The van der Waals surface area contributed by atoms with E-state index in [2.05, 4.69) is 9.97 Å². The van der Waals surface area contributed by atoms with Crippen LogP contribution in [0.4, 0.5) is 4.39 Å². The second-order valence-electron chi connectivity index (χ2n) is 6.36. The molecule has 0 spiro atoms. The quantitative estimate of drug-likeness (QED) is 0.670. The van der Waals surface area contributed by atoms with Crippen molar-refractivity contribution in [2.75, 3.05) is 7.11 Å². The van der Waals surface area contributed by atoms with Crippen LogP contribution in [0.5, 0.6) is 0 Å². The van der Waals surface area contributed by atoms with Crippen LogP contribution in [-0.2, 0) is 9.53 Å². The lowest BCUT2D eigenvalue weighted by Gasteiger charge is -2.04. The van der Waals surface area contributed by atoms with Gasteiger partial charge in [0.05, 0.1) is 25.4 Å². The Morgan fingerprint density at radius 3 is 2.08 bits per heavy atom. The summed E-state index contributed by atoms with van der Waals surface area (Å²) in [5.74, 6) is -0.137. The second-order valence-corrected chi connectivity index (χ2v) is 6.36. The lowest BCUT2D eigenvalue weighted by molar-refractivity contribution is -0.142. The highest BCUT2D eigenvalue weighted by Gasteiger charge is 2.56. The van der Waals surface area contributed by atoms with Crippen molar-refractivity contribution in [2.45, 2.75) is 11.8 Å². The molecule has 0 aliphatic heterocycles. The number of carbonyl (C=O) groups is 1. The third kappa shape index (κ3) is 2.96. The molecule has 1 fully saturated rings.